The molecule has 1 aliphatic heterocycles. The molecule has 1 fully saturated rings. The first-order valence-electron chi connectivity index (χ1n) is 5.83. The highest BCUT2D eigenvalue weighted by molar-refractivity contribution is 5.72. The van der Waals surface area contributed by atoms with Crippen LogP contribution in [0.1, 0.15) is 37.8 Å². The summed E-state index contributed by atoms with van der Waals surface area (Å²) in [5, 5.41) is 0. The average molecular weight is 218 g/mol. The molecule has 2 nitrogen and oxygen atoms in total. The Hall–Kier alpha value is -1.31. The minimum Gasteiger partial charge on any atom is -0.454 e. The third-order valence-electron chi connectivity index (χ3n) is 3.47. The Kier molecular flexibility index (Phi) is 2.75. The van der Waals surface area contributed by atoms with Crippen LogP contribution in [-0.4, -0.2) is 5.97 Å². The highest BCUT2D eigenvalue weighted by Gasteiger charge is 2.44. The first-order valence-corrected chi connectivity index (χ1v) is 5.83. The van der Waals surface area contributed by atoms with Crippen molar-refractivity contribution in [3.05, 3.63) is 35.4 Å². The molecular formula is C14H18O2. The van der Waals surface area contributed by atoms with Crippen molar-refractivity contribution in [1.29, 1.82) is 0 Å². The Morgan fingerprint density at radius 3 is 2.31 bits per heavy atom. The molecule has 16 heavy (non-hydrogen) atoms. The van der Waals surface area contributed by atoms with E-state index in [4.69, 9.17) is 4.74 Å². The van der Waals surface area contributed by atoms with Gasteiger partial charge in [0.15, 0.2) is 0 Å². The van der Waals surface area contributed by atoms with Gasteiger partial charge in [0, 0.05) is 12.8 Å². The lowest BCUT2D eigenvalue weighted by molar-refractivity contribution is -0.153. The zero-order valence-corrected chi connectivity index (χ0v) is 10.1. The van der Waals surface area contributed by atoms with Crippen molar-refractivity contribution in [2.75, 3.05) is 0 Å². The number of carbonyl (C=O) groups is 1. The van der Waals surface area contributed by atoms with Gasteiger partial charge in [-0.15, -0.1) is 0 Å². The molecule has 86 valence electrons. The van der Waals surface area contributed by atoms with E-state index in [2.05, 4.69) is 45.0 Å². The number of carbonyl (C=O) groups excluding carboxylic acids is 1. The predicted molar refractivity (Wildman–Crippen MR) is 63.0 cm³/mol. The number of aryl methyl sites for hydroxylation is 1. The molecule has 2 rings (SSSR count). The molecule has 1 aliphatic rings. The van der Waals surface area contributed by atoms with Crippen LogP contribution in [0.4, 0.5) is 0 Å². The second-order valence-corrected chi connectivity index (χ2v) is 4.88. The van der Waals surface area contributed by atoms with Gasteiger partial charge in [-0.2, -0.15) is 0 Å². The topological polar surface area (TPSA) is 26.3 Å². The fourth-order valence-corrected chi connectivity index (χ4v) is 2.37. The van der Waals surface area contributed by atoms with Crippen LogP contribution >= 0.6 is 0 Å². The van der Waals surface area contributed by atoms with Gasteiger partial charge in [-0.1, -0.05) is 43.7 Å². The Morgan fingerprint density at radius 2 is 1.88 bits per heavy atom. The van der Waals surface area contributed by atoms with E-state index in [9.17, 15) is 4.79 Å². The maximum atomic E-state index is 11.4. The molecule has 0 radical (unpaired) electrons. The number of cyclic esters (lactones) is 1. The molecule has 1 aromatic carbocycles. The lowest BCUT2D eigenvalue weighted by atomic mass is 9.81. The minimum atomic E-state index is -0.398. The summed E-state index contributed by atoms with van der Waals surface area (Å²) in [5.74, 6) is 0.232. The zero-order chi connectivity index (χ0) is 11.8. The summed E-state index contributed by atoms with van der Waals surface area (Å²) < 4.78 is 5.60. The van der Waals surface area contributed by atoms with Crippen LogP contribution in [0.15, 0.2) is 24.3 Å². The van der Waals surface area contributed by atoms with Crippen LogP contribution < -0.4 is 0 Å². The monoisotopic (exact) mass is 218 g/mol. The Labute approximate surface area is 96.6 Å². The Balaban J connectivity index is 2.40. The number of esters is 1. The van der Waals surface area contributed by atoms with Gasteiger partial charge in [-0.05, 0) is 18.4 Å². The van der Waals surface area contributed by atoms with Crippen LogP contribution in [0.3, 0.4) is 0 Å². The molecular weight excluding hydrogens is 200 g/mol. The molecule has 0 amide bonds. The van der Waals surface area contributed by atoms with Crippen molar-refractivity contribution in [3.63, 3.8) is 0 Å². The number of rotatable bonds is 2. The molecule has 0 saturated carbocycles. The van der Waals surface area contributed by atoms with Crippen molar-refractivity contribution in [1.82, 2.24) is 0 Å². The Bertz CT molecular complexity index is 392. The Morgan fingerprint density at radius 1 is 1.25 bits per heavy atom. The van der Waals surface area contributed by atoms with Crippen LogP contribution in [0.5, 0.6) is 0 Å². The maximum absolute atomic E-state index is 11.4. The number of hydrogen-bond donors (Lipinski definition) is 0. The normalized spacial score (nSPS) is 24.9. The molecule has 1 saturated heterocycles. The van der Waals surface area contributed by atoms with Gasteiger partial charge in [0.05, 0.1) is 0 Å². The summed E-state index contributed by atoms with van der Waals surface area (Å²) in [6.07, 6.45) is 1.33. The number of ether oxygens (including phenoxy) is 1. The molecule has 0 aliphatic carbocycles. The van der Waals surface area contributed by atoms with E-state index in [0.29, 0.717) is 12.3 Å². The highest BCUT2D eigenvalue weighted by Crippen LogP contribution is 2.42. The summed E-state index contributed by atoms with van der Waals surface area (Å²) >= 11 is 0. The summed E-state index contributed by atoms with van der Waals surface area (Å²) in [4.78, 5) is 11.4. The molecule has 1 unspecified atom stereocenters. The third-order valence-corrected chi connectivity index (χ3v) is 3.47. The molecule has 0 N–H and O–H groups in total. The summed E-state index contributed by atoms with van der Waals surface area (Å²) in [6, 6.07) is 8.30. The van der Waals surface area contributed by atoms with Crippen molar-refractivity contribution in [2.45, 2.75) is 39.2 Å². The molecule has 1 atom stereocenters. The van der Waals surface area contributed by atoms with Crippen LogP contribution in [0.2, 0.25) is 0 Å². The highest BCUT2D eigenvalue weighted by atomic mass is 16.6. The SMILES string of the molecule is Cc1ccc(C2(C(C)C)CCC(=O)O2)cc1. The maximum Gasteiger partial charge on any atom is 0.306 e. The molecule has 0 bridgehead atoms. The third kappa shape index (κ3) is 1.73. The quantitative estimate of drug-likeness (QED) is 0.713. The lowest BCUT2D eigenvalue weighted by Gasteiger charge is -2.32. The second kappa shape index (κ2) is 3.93. The van der Waals surface area contributed by atoms with Gasteiger partial charge in [0.1, 0.15) is 5.60 Å². The van der Waals surface area contributed by atoms with Gasteiger partial charge < -0.3 is 4.74 Å². The average Bonchev–Trinajstić information content (AvgIpc) is 2.63. The number of hydrogen-bond acceptors (Lipinski definition) is 2. The van der Waals surface area contributed by atoms with E-state index < -0.39 is 5.60 Å². The first kappa shape index (κ1) is 11.2. The summed E-state index contributed by atoms with van der Waals surface area (Å²) in [6.45, 7) is 6.28. The second-order valence-electron chi connectivity index (χ2n) is 4.88. The molecule has 0 spiro atoms. The van der Waals surface area contributed by atoms with E-state index in [1.165, 1.54) is 5.56 Å². The standard InChI is InChI=1S/C14H18O2/c1-10(2)14(9-8-13(15)16-14)12-6-4-11(3)5-7-12/h4-7,10H,8-9H2,1-3H3. The van der Waals surface area contributed by atoms with E-state index in [1.807, 2.05) is 0 Å². The fourth-order valence-electron chi connectivity index (χ4n) is 2.37. The van der Waals surface area contributed by atoms with Crippen molar-refractivity contribution >= 4 is 5.97 Å². The molecule has 1 heterocycles. The van der Waals surface area contributed by atoms with Crippen molar-refractivity contribution in [3.8, 4) is 0 Å². The predicted octanol–water partition coefficient (Wildman–Crippen LogP) is 3.18. The van der Waals surface area contributed by atoms with Gasteiger partial charge in [-0.25, -0.2) is 0 Å². The van der Waals surface area contributed by atoms with Crippen LogP contribution in [0, 0.1) is 12.8 Å². The molecule has 0 aromatic heterocycles. The summed E-state index contributed by atoms with van der Waals surface area (Å²) in [7, 11) is 0. The summed E-state index contributed by atoms with van der Waals surface area (Å²) in [5.41, 5.74) is 1.95. The van der Waals surface area contributed by atoms with Gasteiger partial charge in [0.25, 0.3) is 0 Å². The van der Waals surface area contributed by atoms with Gasteiger partial charge >= 0.3 is 5.97 Å². The van der Waals surface area contributed by atoms with Gasteiger partial charge in [0.2, 0.25) is 0 Å². The van der Waals surface area contributed by atoms with Gasteiger partial charge in [-0.3, -0.25) is 4.79 Å². The molecule has 2 heteroatoms. The van der Waals surface area contributed by atoms with E-state index in [0.717, 1.165) is 12.0 Å². The fraction of sp³-hybridized carbons (Fsp3) is 0.500. The first-order chi connectivity index (χ1) is 7.54. The largest absolute Gasteiger partial charge is 0.454 e. The van der Waals surface area contributed by atoms with E-state index in [1.54, 1.807) is 0 Å². The number of benzene rings is 1. The lowest BCUT2D eigenvalue weighted by Crippen LogP contribution is -2.31. The van der Waals surface area contributed by atoms with Crippen LogP contribution in [-0.2, 0) is 15.1 Å². The minimum absolute atomic E-state index is 0.0747. The van der Waals surface area contributed by atoms with Crippen molar-refractivity contribution in [2.24, 2.45) is 5.92 Å². The van der Waals surface area contributed by atoms with E-state index >= 15 is 0 Å². The van der Waals surface area contributed by atoms with E-state index in [-0.39, 0.29) is 5.97 Å². The zero-order valence-electron chi connectivity index (χ0n) is 10.1. The van der Waals surface area contributed by atoms with Crippen molar-refractivity contribution < 1.29 is 9.53 Å². The van der Waals surface area contributed by atoms with Crippen LogP contribution in [0.25, 0.3) is 0 Å². The molecule has 1 aromatic rings. The smallest absolute Gasteiger partial charge is 0.306 e.